The Bertz CT molecular complexity index is 605. The lowest BCUT2D eigenvalue weighted by Gasteiger charge is -2.02. The zero-order valence-corrected chi connectivity index (χ0v) is 9.88. The lowest BCUT2D eigenvalue weighted by molar-refractivity contribution is 0.0690. The van der Waals surface area contributed by atoms with Crippen molar-refractivity contribution in [1.82, 2.24) is 15.2 Å². The Hall–Kier alpha value is -2.90. The quantitative estimate of drug-likeness (QED) is 0.748. The van der Waals surface area contributed by atoms with E-state index in [1.807, 2.05) is 0 Å². The average Bonchev–Trinajstić information content (AvgIpc) is 2.87. The average molecular weight is 262 g/mol. The molecule has 0 fully saturated rings. The lowest BCUT2D eigenvalue weighted by Crippen LogP contribution is -2.12. The van der Waals surface area contributed by atoms with Gasteiger partial charge in [0.2, 0.25) is 5.88 Å². The molecule has 2 aromatic heterocycles. The smallest absolute Gasteiger partial charge is 0.353 e. The van der Waals surface area contributed by atoms with Crippen molar-refractivity contribution in [2.75, 3.05) is 12.4 Å². The first kappa shape index (κ1) is 12.6. The Morgan fingerprint density at radius 2 is 2.21 bits per heavy atom. The number of aromatic amines is 1. The number of anilines is 1. The Balaban J connectivity index is 2.08. The molecule has 0 aliphatic heterocycles. The molecule has 1 amide bonds. The summed E-state index contributed by atoms with van der Waals surface area (Å²) in [5.41, 5.74) is 0.198. The molecule has 98 valence electrons. The summed E-state index contributed by atoms with van der Waals surface area (Å²) in [7, 11) is 1.47. The van der Waals surface area contributed by atoms with Crippen molar-refractivity contribution >= 4 is 17.7 Å². The van der Waals surface area contributed by atoms with Crippen LogP contribution in [0.5, 0.6) is 5.88 Å². The van der Waals surface area contributed by atoms with Crippen LogP contribution in [0, 0.1) is 0 Å². The molecule has 8 nitrogen and oxygen atoms in total. The molecule has 0 unspecified atom stereocenters. The van der Waals surface area contributed by atoms with Crippen molar-refractivity contribution in [2.24, 2.45) is 0 Å². The third-order valence-corrected chi connectivity index (χ3v) is 2.26. The molecule has 8 heteroatoms. The van der Waals surface area contributed by atoms with E-state index in [1.54, 1.807) is 6.07 Å². The number of carbonyl (C=O) groups excluding carboxylic acids is 1. The molecule has 0 saturated heterocycles. The molecule has 0 radical (unpaired) electrons. The number of hydrogen-bond donors (Lipinski definition) is 3. The fraction of sp³-hybridized carbons (Fsp3) is 0.0909. The zero-order chi connectivity index (χ0) is 13.8. The summed E-state index contributed by atoms with van der Waals surface area (Å²) in [6, 6.07) is 4.30. The van der Waals surface area contributed by atoms with E-state index in [9.17, 15) is 9.59 Å². The Morgan fingerprint density at radius 1 is 1.42 bits per heavy atom. The van der Waals surface area contributed by atoms with E-state index in [-0.39, 0.29) is 11.5 Å². The number of carboxylic acid groups (broad SMARTS) is 1. The summed E-state index contributed by atoms with van der Waals surface area (Å²) in [6.07, 6.45) is 1.35. The molecular weight excluding hydrogens is 252 g/mol. The molecule has 0 aromatic carbocycles. The van der Waals surface area contributed by atoms with Gasteiger partial charge in [-0.1, -0.05) is 0 Å². The summed E-state index contributed by atoms with van der Waals surface area (Å²) in [5.74, 6) is -1.08. The van der Waals surface area contributed by atoms with Gasteiger partial charge in [-0.2, -0.15) is 5.10 Å². The molecular formula is C11H10N4O4. The van der Waals surface area contributed by atoms with E-state index in [1.165, 1.54) is 25.4 Å². The second-order valence-electron chi connectivity index (χ2n) is 3.52. The highest BCUT2D eigenvalue weighted by Crippen LogP contribution is 2.10. The topological polar surface area (TPSA) is 117 Å². The van der Waals surface area contributed by atoms with E-state index >= 15 is 0 Å². The number of nitrogens with zero attached hydrogens (tertiary/aromatic N) is 2. The summed E-state index contributed by atoms with van der Waals surface area (Å²) < 4.78 is 4.87. The standard InChI is InChI=1S/C11H10N4O4/c1-19-9-3-2-6(5-12-9)10(16)13-8-4-7(11(17)18)14-15-8/h2-5H,1H3,(H,17,18)(H2,13,14,15,16). The molecule has 0 atom stereocenters. The minimum Gasteiger partial charge on any atom is -0.481 e. The van der Waals surface area contributed by atoms with Crippen LogP contribution < -0.4 is 10.1 Å². The van der Waals surface area contributed by atoms with E-state index in [2.05, 4.69) is 20.5 Å². The predicted octanol–water partition coefficient (Wildman–Crippen LogP) is 0.764. The molecule has 2 aromatic rings. The molecule has 0 aliphatic rings. The third-order valence-electron chi connectivity index (χ3n) is 2.26. The number of amides is 1. The fourth-order valence-corrected chi connectivity index (χ4v) is 1.32. The number of aromatic nitrogens is 3. The van der Waals surface area contributed by atoms with Gasteiger partial charge in [0.25, 0.3) is 5.91 Å². The number of carboxylic acids is 1. The summed E-state index contributed by atoms with van der Waals surface area (Å²) in [6.45, 7) is 0. The number of hydrogen-bond acceptors (Lipinski definition) is 5. The zero-order valence-electron chi connectivity index (χ0n) is 9.88. The largest absolute Gasteiger partial charge is 0.481 e. The van der Waals surface area contributed by atoms with Crippen molar-refractivity contribution in [3.05, 3.63) is 35.7 Å². The highest BCUT2D eigenvalue weighted by atomic mass is 16.5. The van der Waals surface area contributed by atoms with Crippen LogP contribution in [0.25, 0.3) is 0 Å². The Labute approximate surface area is 107 Å². The van der Waals surface area contributed by atoms with Gasteiger partial charge in [0, 0.05) is 18.3 Å². The number of aromatic carboxylic acids is 1. The van der Waals surface area contributed by atoms with Gasteiger partial charge < -0.3 is 15.2 Å². The van der Waals surface area contributed by atoms with E-state index in [4.69, 9.17) is 9.84 Å². The Morgan fingerprint density at radius 3 is 2.74 bits per heavy atom. The summed E-state index contributed by atoms with van der Waals surface area (Å²) in [5, 5.41) is 17.1. The molecule has 0 saturated carbocycles. The van der Waals surface area contributed by atoms with Crippen LogP contribution in [-0.2, 0) is 0 Å². The SMILES string of the molecule is COc1ccc(C(=O)Nc2cc(C(=O)O)[nH]n2)cn1. The molecule has 19 heavy (non-hydrogen) atoms. The number of pyridine rings is 1. The van der Waals surface area contributed by atoms with E-state index in [0.29, 0.717) is 11.4 Å². The molecule has 3 N–H and O–H groups in total. The minimum absolute atomic E-state index is 0.108. The molecule has 0 bridgehead atoms. The predicted molar refractivity (Wildman–Crippen MR) is 64.3 cm³/mol. The van der Waals surface area contributed by atoms with Gasteiger partial charge in [-0.15, -0.1) is 0 Å². The van der Waals surface area contributed by atoms with Crippen molar-refractivity contribution in [1.29, 1.82) is 0 Å². The van der Waals surface area contributed by atoms with Gasteiger partial charge in [-0.25, -0.2) is 9.78 Å². The second kappa shape index (κ2) is 5.17. The normalized spacial score (nSPS) is 9.95. The third kappa shape index (κ3) is 2.86. The van der Waals surface area contributed by atoms with Gasteiger partial charge in [-0.3, -0.25) is 9.89 Å². The highest BCUT2D eigenvalue weighted by molar-refractivity contribution is 6.04. The van der Waals surface area contributed by atoms with Crippen molar-refractivity contribution < 1.29 is 19.4 Å². The maximum atomic E-state index is 11.8. The van der Waals surface area contributed by atoms with Gasteiger partial charge >= 0.3 is 5.97 Å². The van der Waals surface area contributed by atoms with Crippen molar-refractivity contribution in [3.63, 3.8) is 0 Å². The van der Waals surface area contributed by atoms with Gasteiger partial charge in [0.05, 0.1) is 12.7 Å². The number of nitrogens with one attached hydrogen (secondary N) is 2. The second-order valence-corrected chi connectivity index (χ2v) is 3.52. The number of H-pyrrole nitrogens is 1. The molecule has 0 spiro atoms. The van der Waals surface area contributed by atoms with Crippen LogP contribution in [0.2, 0.25) is 0 Å². The number of rotatable bonds is 4. The summed E-state index contributed by atoms with van der Waals surface area (Å²) in [4.78, 5) is 26.3. The van der Waals surface area contributed by atoms with Crippen LogP contribution in [0.15, 0.2) is 24.4 Å². The van der Waals surface area contributed by atoms with Crippen LogP contribution in [0.3, 0.4) is 0 Å². The van der Waals surface area contributed by atoms with Gasteiger partial charge in [-0.05, 0) is 6.07 Å². The first-order chi connectivity index (χ1) is 9.10. The number of ether oxygens (including phenoxy) is 1. The first-order valence-corrected chi connectivity index (χ1v) is 5.20. The molecule has 2 rings (SSSR count). The van der Waals surface area contributed by atoms with Crippen LogP contribution in [0.1, 0.15) is 20.8 Å². The monoisotopic (exact) mass is 262 g/mol. The fourth-order valence-electron chi connectivity index (χ4n) is 1.32. The minimum atomic E-state index is -1.15. The van der Waals surface area contributed by atoms with Crippen molar-refractivity contribution in [2.45, 2.75) is 0 Å². The van der Waals surface area contributed by atoms with Crippen LogP contribution in [0.4, 0.5) is 5.82 Å². The van der Waals surface area contributed by atoms with E-state index in [0.717, 1.165) is 0 Å². The van der Waals surface area contributed by atoms with Crippen LogP contribution in [-0.4, -0.2) is 39.3 Å². The van der Waals surface area contributed by atoms with E-state index < -0.39 is 11.9 Å². The maximum Gasteiger partial charge on any atom is 0.353 e. The van der Waals surface area contributed by atoms with Gasteiger partial charge in [0.1, 0.15) is 5.69 Å². The Kier molecular flexibility index (Phi) is 3.42. The molecule has 0 aliphatic carbocycles. The lowest BCUT2D eigenvalue weighted by atomic mass is 10.2. The summed E-state index contributed by atoms with van der Waals surface area (Å²) >= 11 is 0. The molecule has 2 heterocycles. The maximum absolute atomic E-state index is 11.8. The first-order valence-electron chi connectivity index (χ1n) is 5.20. The van der Waals surface area contributed by atoms with Gasteiger partial charge in [0.15, 0.2) is 5.82 Å². The number of carbonyl (C=O) groups is 2. The van der Waals surface area contributed by atoms with Crippen molar-refractivity contribution in [3.8, 4) is 5.88 Å². The van der Waals surface area contributed by atoms with Crippen LogP contribution >= 0.6 is 0 Å². The number of methoxy groups -OCH3 is 1. The highest BCUT2D eigenvalue weighted by Gasteiger charge is 2.11.